The standard InChI is InChI=1S/C22H25N5/c1-2-7-18(8-3-1)13-24-22-25-14-19(15-26-22)17-27-12-5-4-10-21(27)20-9-6-11-23-16-20/h1-3,6-9,11,14-16,21H,4-5,10,12-13,17H2,(H,24,25,26). The summed E-state index contributed by atoms with van der Waals surface area (Å²) in [4.78, 5) is 15.8. The van der Waals surface area contributed by atoms with Gasteiger partial charge in [0.2, 0.25) is 5.95 Å². The van der Waals surface area contributed by atoms with E-state index < -0.39 is 0 Å². The molecule has 1 aliphatic rings. The van der Waals surface area contributed by atoms with Gasteiger partial charge in [0.1, 0.15) is 0 Å². The molecule has 5 heteroatoms. The van der Waals surface area contributed by atoms with Gasteiger partial charge in [0.15, 0.2) is 0 Å². The van der Waals surface area contributed by atoms with Crippen molar-refractivity contribution in [2.24, 2.45) is 0 Å². The zero-order valence-electron chi connectivity index (χ0n) is 15.5. The van der Waals surface area contributed by atoms with Crippen LogP contribution in [-0.4, -0.2) is 26.4 Å². The summed E-state index contributed by atoms with van der Waals surface area (Å²) in [5, 5.41) is 3.28. The molecule has 138 valence electrons. The van der Waals surface area contributed by atoms with Crippen LogP contribution < -0.4 is 5.32 Å². The first kappa shape index (κ1) is 17.6. The molecular weight excluding hydrogens is 334 g/mol. The van der Waals surface area contributed by atoms with E-state index in [9.17, 15) is 0 Å². The Kier molecular flexibility index (Phi) is 5.70. The largest absolute Gasteiger partial charge is 0.350 e. The number of nitrogens with one attached hydrogen (secondary N) is 1. The summed E-state index contributed by atoms with van der Waals surface area (Å²) in [6.07, 6.45) is 11.4. The third-order valence-corrected chi connectivity index (χ3v) is 5.07. The first-order valence-corrected chi connectivity index (χ1v) is 9.61. The van der Waals surface area contributed by atoms with Gasteiger partial charge in [-0.05, 0) is 36.6 Å². The van der Waals surface area contributed by atoms with Crippen molar-refractivity contribution >= 4 is 5.95 Å². The first-order valence-electron chi connectivity index (χ1n) is 9.61. The fourth-order valence-corrected chi connectivity index (χ4v) is 3.67. The van der Waals surface area contributed by atoms with Gasteiger partial charge in [-0.15, -0.1) is 0 Å². The molecule has 0 saturated carbocycles. The smallest absolute Gasteiger partial charge is 0.222 e. The zero-order valence-corrected chi connectivity index (χ0v) is 15.5. The SMILES string of the molecule is c1ccc(CNc2ncc(CN3CCCCC3c3cccnc3)cn2)cc1. The van der Waals surface area contributed by atoms with E-state index in [0.717, 1.165) is 25.2 Å². The van der Waals surface area contributed by atoms with E-state index in [-0.39, 0.29) is 0 Å². The fourth-order valence-electron chi connectivity index (χ4n) is 3.67. The molecule has 4 rings (SSSR count). The number of anilines is 1. The normalized spacial score (nSPS) is 17.6. The van der Waals surface area contributed by atoms with Crippen molar-refractivity contribution < 1.29 is 0 Å². The van der Waals surface area contributed by atoms with Crippen molar-refractivity contribution in [2.75, 3.05) is 11.9 Å². The highest BCUT2D eigenvalue weighted by Gasteiger charge is 2.24. The van der Waals surface area contributed by atoms with Crippen LogP contribution in [0.3, 0.4) is 0 Å². The number of aromatic nitrogens is 3. The Labute approximate surface area is 160 Å². The van der Waals surface area contributed by atoms with Crippen LogP contribution in [0.2, 0.25) is 0 Å². The molecule has 2 aromatic heterocycles. The van der Waals surface area contributed by atoms with Gasteiger partial charge in [-0.1, -0.05) is 42.8 Å². The second kappa shape index (κ2) is 8.73. The van der Waals surface area contributed by atoms with E-state index in [1.165, 1.54) is 30.4 Å². The van der Waals surface area contributed by atoms with Crippen LogP contribution in [0.4, 0.5) is 5.95 Å². The average molecular weight is 359 g/mol. The number of hydrogen-bond acceptors (Lipinski definition) is 5. The Morgan fingerprint density at radius 2 is 1.78 bits per heavy atom. The number of rotatable bonds is 6. The molecule has 1 saturated heterocycles. The molecule has 1 unspecified atom stereocenters. The molecular formula is C22H25N5. The lowest BCUT2D eigenvalue weighted by atomic mass is 9.96. The summed E-state index contributed by atoms with van der Waals surface area (Å²) in [6.45, 7) is 2.71. The zero-order chi connectivity index (χ0) is 18.3. The van der Waals surface area contributed by atoms with Crippen LogP contribution in [0.25, 0.3) is 0 Å². The highest BCUT2D eigenvalue weighted by Crippen LogP contribution is 2.31. The van der Waals surface area contributed by atoms with Crippen molar-refractivity contribution in [3.05, 3.63) is 83.9 Å². The lowest BCUT2D eigenvalue weighted by Gasteiger charge is -2.35. The van der Waals surface area contributed by atoms with E-state index in [0.29, 0.717) is 12.0 Å². The van der Waals surface area contributed by atoms with Crippen LogP contribution in [0.15, 0.2) is 67.3 Å². The average Bonchev–Trinajstić information content (AvgIpc) is 2.75. The molecule has 0 spiro atoms. The highest BCUT2D eigenvalue weighted by atomic mass is 15.2. The summed E-state index contributed by atoms with van der Waals surface area (Å²) >= 11 is 0. The van der Waals surface area contributed by atoms with Gasteiger partial charge in [-0.25, -0.2) is 9.97 Å². The second-order valence-electron chi connectivity index (χ2n) is 7.02. The highest BCUT2D eigenvalue weighted by molar-refractivity contribution is 5.28. The summed E-state index contributed by atoms with van der Waals surface area (Å²) in [5.41, 5.74) is 3.67. The Morgan fingerprint density at radius 3 is 2.56 bits per heavy atom. The van der Waals surface area contributed by atoms with E-state index in [1.807, 2.05) is 49.1 Å². The van der Waals surface area contributed by atoms with Crippen molar-refractivity contribution in [3.8, 4) is 0 Å². The minimum absolute atomic E-state index is 0.434. The molecule has 0 aliphatic carbocycles. The van der Waals surface area contributed by atoms with Gasteiger partial charge in [0.05, 0.1) is 0 Å². The van der Waals surface area contributed by atoms with Gasteiger partial charge in [0, 0.05) is 49.5 Å². The number of pyridine rings is 1. The van der Waals surface area contributed by atoms with Crippen LogP contribution in [0, 0.1) is 0 Å². The van der Waals surface area contributed by atoms with Gasteiger partial charge >= 0.3 is 0 Å². The number of benzene rings is 1. The molecule has 0 radical (unpaired) electrons. The van der Waals surface area contributed by atoms with E-state index in [1.54, 1.807) is 0 Å². The molecule has 5 nitrogen and oxygen atoms in total. The third kappa shape index (κ3) is 4.68. The number of hydrogen-bond donors (Lipinski definition) is 1. The molecule has 27 heavy (non-hydrogen) atoms. The minimum atomic E-state index is 0.434. The maximum Gasteiger partial charge on any atom is 0.222 e. The molecule has 1 aliphatic heterocycles. The molecule has 1 fully saturated rings. The lowest BCUT2D eigenvalue weighted by molar-refractivity contribution is 0.140. The van der Waals surface area contributed by atoms with Crippen LogP contribution in [-0.2, 0) is 13.1 Å². The van der Waals surface area contributed by atoms with Crippen molar-refractivity contribution in [1.29, 1.82) is 0 Å². The topological polar surface area (TPSA) is 53.9 Å². The maximum absolute atomic E-state index is 4.50. The van der Waals surface area contributed by atoms with Gasteiger partial charge in [0.25, 0.3) is 0 Å². The molecule has 3 heterocycles. The quantitative estimate of drug-likeness (QED) is 0.714. The fraction of sp³-hybridized carbons (Fsp3) is 0.318. The van der Waals surface area contributed by atoms with E-state index in [2.05, 4.69) is 43.4 Å². The molecule has 1 atom stereocenters. The predicted molar refractivity (Wildman–Crippen MR) is 107 cm³/mol. The Hall–Kier alpha value is -2.79. The second-order valence-corrected chi connectivity index (χ2v) is 7.02. The van der Waals surface area contributed by atoms with Gasteiger partial charge < -0.3 is 5.32 Å². The van der Waals surface area contributed by atoms with Crippen molar-refractivity contribution in [3.63, 3.8) is 0 Å². The molecule has 0 amide bonds. The number of piperidine rings is 1. The van der Waals surface area contributed by atoms with Crippen LogP contribution in [0.5, 0.6) is 0 Å². The number of likely N-dealkylation sites (tertiary alicyclic amines) is 1. The van der Waals surface area contributed by atoms with Gasteiger partial charge in [-0.3, -0.25) is 9.88 Å². The van der Waals surface area contributed by atoms with Crippen molar-refractivity contribution in [1.82, 2.24) is 19.9 Å². The molecule has 3 aromatic rings. The van der Waals surface area contributed by atoms with E-state index in [4.69, 9.17) is 0 Å². The summed E-state index contributed by atoms with van der Waals surface area (Å²) < 4.78 is 0. The molecule has 0 bridgehead atoms. The maximum atomic E-state index is 4.50. The van der Waals surface area contributed by atoms with Crippen molar-refractivity contribution in [2.45, 2.75) is 38.4 Å². The molecule has 1 N–H and O–H groups in total. The van der Waals surface area contributed by atoms with Crippen LogP contribution >= 0.6 is 0 Å². The van der Waals surface area contributed by atoms with E-state index >= 15 is 0 Å². The Balaban J connectivity index is 1.38. The monoisotopic (exact) mass is 359 g/mol. The Bertz CT molecular complexity index is 820. The summed E-state index contributed by atoms with van der Waals surface area (Å²) in [6, 6.07) is 14.9. The predicted octanol–water partition coefficient (Wildman–Crippen LogP) is 4.21. The summed E-state index contributed by atoms with van der Waals surface area (Å²) in [7, 11) is 0. The first-order chi connectivity index (χ1) is 13.4. The third-order valence-electron chi connectivity index (χ3n) is 5.07. The minimum Gasteiger partial charge on any atom is -0.350 e. The molecule has 1 aromatic carbocycles. The van der Waals surface area contributed by atoms with Gasteiger partial charge in [-0.2, -0.15) is 0 Å². The summed E-state index contributed by atoms with van der Waals surface area (Å²) in [5.74, 6) is 0.671. The van der Waals surface area contributed by atoms with Crippen LogP contribution in [0.1, 0.15) is 42.0 Å². The lowest BCUT2D eigenvalue weighted by Crippen LogP contribution is -2.33. The number of nitrogens with zero attached hydrogens (tertiary/aromatic N) is 4. The Morgan fingerprint density at radius 1 is 0.926 bits per heavy atom.